The molecule has 0 bridgehead atoms. The first-order valence-corrected chi connectivity index (χ1v) is 11.4. The number of hydrogen-bond donors (Lipinski definition) is 0. The van der Waals surface area contributed by atoms with Gasteiger partial charge >= 0.3 is 5.97 Å². The Bertz CT molecular complexity index is 403. The fraction of sp³-hybridized carbons (Fsp3) is 0.941. The molecule has 0 N–H and O–H groups in total. The monoisotopic (exact) mass is 328 g/mol. The summed E-state index contributed by atoms with van der Waals surface area (Å²) in [6.07, 6.45) is 5.83. The van der Waals surface area contributed by atoms with Crippen LogP contribution in [0.4, 0.5) is 0 Å². The van der Waals surface area contributed by atoms with Crippen molar-refractivity contribution in [2.45, 2.75) is 82.7 Å². The molecule has 1 aliphatic carbocycles. The van der Waals surface area contributed by atoms with E-state index in [1.165, 1.54) is 26.4 Å². The lowest BCUT2D eigenvalue weighted by molar-refractivity contribution is -0.153. The molecule has 1 saturated carbocycles. The second-order valence-electron chi connectivity index (χ2n) is 8.37. The number of carbonyl (C=O) groups excluding carboxylic acids is 1. The van der Waals surface area contributed by atoms with Gasteiger partial charge in [0.05, 0.1) is 19.8 Å². The van der Waals surface area contributed by atoms with Gasteiger partial charge in [-0.1, -0.05) is 40.0 Å². The van der Waals surface area contributed by atoms with Gasteiger partial charge in [-0.05, 0) is 36.9 Å². The van der Waals surface area contributed by atoms with Crippen molar-refractivity contribution in [3.63, 3.8) is 0 Å². The molecule has 128 valence electrons. The Morgan fingerprint density at radius 2 is 1.77 bits per heavy atom. The average Bonchev–Trinajstić information content (AvgIpc) is 3.25. The van der Waals surface area contributed by atoms with E-state index in [-0.39, 0.29) is 17.1 Å². The van der Waals surface area contributed by atoms with Gasteiger partial charge in [-0.2, -0.15) is 0 Å². The molecule has 0 aromatic carbocycles. The first kappa shape index (κ1) is 18.0. The van der Waals surface area contributed by atoms with Gasteiger partial charge in [-0.25, -0.2) is 4.79 Å². The van der Waals surface area contributed by atoms with Crippen molar-refractivity contribution < 1.29 is 18.7 Å². The molecule has 1 aliphatic heterocycles. The van der Waals surface area contributed by atoms with Crippen molar-refractivity contribution in [3.8, 4) is 0 Å². The zero-order valence-electron chi connectivity index (χ0n) is 15.0. The number of methoxy groups -OCH3 is 1. The van der Waals surface area contributed by atoms with Crippen LogP contribution in [-0.4, -0.2) is 39.7 Å². The zero-order chi connectivity index (χ0) is 16.6. The highest BCUT2D eigenvalue weighted by molar-refractivity contribution is 6.74. The predicted molar refractivity (Wildman–Crippen MR) is 89.3 cm³/mol. The third-order valence-corrected chi connectivity index (χ3v) is 10.2. The molecule has 4 nitrogen and oxygen atoms in total. The zero-order valence-corrected chi connectivity index (χ0v) is 16.0. The maximum absolute atomic E-state index is 12.3. The van der Waals surface area contributed by atoms with Crippen molar-refractivity contribution in [3.05, 3.63) is 0 Å². The van der Waals surface area contributed by atoms with Crippen molar-refractivity contribution in [2.24, 2.45) is 5.92 Å². The molecule has 0 unspecified atom stereocenters. The standard InChI is InChI=1S/C17H32O4Si/c1-16(2,3)22(5,6)21-14(13-10-8-7-9-11-13)17(12-20-17)15(18)19-4/h13-14H,7-12H2,1-6H3/t14-,17-/m1/s1. The number of esters is 1. The fourth-order valence-corrected chi connectivity index (χ4v) is 4.52. The second kappa shape index (κ2) is 6.25. The van der Waals surface area contributed by atoms with E-state index in [0.717, 1.165) is 12.8 Å². The Balaban J connectivity index is 2.24. The van der Waals surface area contributed by atoms with Crippen molar-refractivity contribution >= 4 is 14.3 Å². The van der Waals surface area contributed by atoms with Crippen LogP contribution in [0.5, 0.6) is 0 Å². The topological polar surface area (TPSA) is 48.1 Å². The fourth-order valence-electron chi connectivity index (χ4n) is 3.15. The Morgan fingerprint density at radius 1 is 1.23 bits per heavy atom. The molecule has 22 heavy (non-hydrogen) atoms. The third-order valence-electron chi connectivity index (χ3n) is 5.75. The van der Waals surface area contributed by atoms with Crippen molar-refractivity contribution in [1.82, 2.24) is 0 Å². The Morgan fingerprint density at radius 3 is 2.18 bits per heavy atom. The number of hydrogen-bond acceptors (Lipinski definition) is 4. The van der Waals surface area contributed by atoms with Gasteiger partial charge in [0.2, 0.25) is 5.60 Å². The summed E-state index contributed by atoms with van der Waals surface area (Å²) >= 11 is 0. The summed E-state index contributed by atoms with van der Waals surface area (Å²) in [5.41, 5.74) is -0.841. The highest BCUT2D eigenvalue weighted by atomic mass is 28.4. The Kier molecular flexibility index (Phi) is 5.10. The van der Waals surface area contributed by atoms with Gasteiger partial charge in [0.15, 0.2) is 8.32 Å². The summed E-state index contributed by atoms with van der Waals surface area (Å²) in [4.78, 5) is 12.3. The van der Waals surface area contributed by atoms with E-state index in [0.29, 0.717) is 12.5 Å². The van der Waals surface area contributed by atoms with Crippen molar-refractivity contribution in [1.29, 1.82) is 0 Å². The minimum Gasteiger partial charge on any atom is -0.467 e. The minimum absolute atomic E-state index is 0.117. The first-order chi connectivity index (χ1) is 10.1. The largest absolute Gasteiger partial charge is 0.467 e. The molecule has 1 heterocycles. The first-order valence-electron chi connectivity index (χ1n) is 8.54. The Hall–Kier alpha value is -0.393. The van der Waals surface area contributed by atoms with E-state index in [1.807, 2.05) is 0 Å². The quantitative estimate of drug-likeness (QED) is 0.436. The van der Waals surface area contributed by atoms with Crippen LogP contribution in [0.15, 0.2) is 0 Å². The summed E-state index contributed by atoms with van der Waals surface area (Å²) in [7, 11) is -0.528. The van der Waals surface area contributed by atoms with E-state index < -0.39 is 13.9 Å². The highest BCUT2D eigenvalue weighted by Gasteiger charge is 2.63. The van der Waals surface area contributed by atoms with E-state index in [9.17, 15) is 4.79 Å². The SMILES string of the molecule is COC(=O)[C@]1([C@H](O[Si](C)(C)C(C)(C)C)C2CCCCC2)CO1. The van der Waals surface area contributed by atoms with Gasteiger partial charge in [0, 0.05) is 0 Å². The molecule has 2 fully saturated rings. The van der Waals surface area contributed by atoms with Crippen LogP contribution >= 0.6 is 0 Å². The summed E-state index contributed by atoms with van der Waals surface area (Å²) in [6, 6.07) is 0. The molecule has 0 spiro atoms. The molecule has 0 amide bonds. The maximum atomic E-state index is 12.3. The Labute approximate surface area is 136 Å². The van der Waals surface area contributed by atoms with E-state index in [2.05, 4.69) is 33.9 Å². The minimum atomic E-state index is -1.97. The second-order valence-corrected chi connectivity index (χ2v) is 13.1. The van der Waals surface area contributed by atoms with Crippen LogP contribution in [0.2, 0.25) is 18.1 Å². The van der Waals surface area contributed by atoms with E-state index in [1.54, 1.807) is 0 Å². The molecule has 2 rings (SSSR count). The summed E-state index contributed by atoms with van der Waals surface area (Å²) in [5, 5.41) is 0.117. The third kappa shape index (κ3) is 3.41. The molecular weight excluding hydrogens is 296 g/mol. The van der Waals surface area contributed by atoms with Gasteiger partial charge in [0.25, 0.3) is 0 Å². The molecule has 0 aromatic heterocycles. The smallest absolute Gasteiger partial charge is 0.343 e. The van der Waals surface area contributed by atoms with Gasteiger partial charge < -0.3 is 13.9 Å². The number of epoxide rings is 1. The van der Waals surface area contributed by atoms with Gasteiger partial charge in [-0.15, -0.1) is 0 Å². The lowest BCUT2D eigenvalue weighted by Crippen LogP contribution is -2.54. The van der Waals surface area contributed by atoms with E-state index in [4.69, 9.17) is 13.9 Å². The van der Waals surface area contributed by atoms with Crippen LogP contribution in [0.3, 0.4) is 0 Å². The van der Waals surface area contributed by atoms with Crippen LogP contribution in [-0.2, 0) is 18.7 Å². The van der Waals surface area contributed by atoms with Crippen LogP contribution in [0.1, 0.15) is 52.9 Å². The summed E-state index contributed by atoms with van der Waals surface area (Å²) in [5.74, 6) is 0.145. The molecule has 5 heteroatoms. The molecule has 1 saturated heterocycles. The number of rotatable bonds is 5. The molecular formula is C17H32O4Si. The van der Waals surface area contributed by atoms with Crippen LogP contribution in [0, 0.1) is 5.92 Å². The predicted octanol–water partition coefficient (Wildman–Crippen LogP) is 3.90. The molecule has 2 atom stereocenters. The van der Waals surface area contributed by atoms with Crippen LogP contribution in [0.25, 0.3) is 0 Å². The lowest BCUT2D eigenvalue weighted by atomic mass is 9.80. The van der Waals surface area contributed by atoms with Crippen molar-refractivity contribution in [2.75, 3.05) is 13.7 Å². The normalized spacial score (nSPS) is 28.3. The number of ether oxygens (including phenoxy) is 2. The highest BCUT2D eigenvalue weighted by Crippen LogP contribution is 2.46. The molecule has 2 aliphatic rings. The van der Waals surface area contributed by atoms with Crippen LogP contribution < -0.4 is 0 Å². The summed E-state index contributed by atoms with van der Waals surface area (Å²) in [6.45, 7) is 11.6. The number of carbonyl (C=O) groups is 1. The maximum Gasteiger partial charge on any atom is 0.343 e. The molecule has 0 aromatic rings. The average molecular weight is 329 g/mol. The van der Waals surface area contributed by atoms with Gasteiger partial charge in [0.1, 0.15) is 0 Å². The summed E-state index contributed by atoms with van der Waals surface area (Å²) < 4.78 is 17.4. The molecule has 0 radical (unpaired) electrons. The van der Waals surface area contributed by atoms with E-state index >= 15 is 0 Å². The van der Waals surface area contributed by atoms with Gasteiger partial charge in [-0.3, -0.25) is 0 Å². The lowest BCUT2D eigenvalue weighted by Gasteiger charge is -2.43.